The molecule has 0 aliphatic carbocycles. The van der Waals surface area contributed by atoms with Crippen LogP contribution in [0.2, 0.25) is 0 Å². The van der Waals surface area contributed by atoms with Crippen LogP contribution in [-0.2, 0) is 6.42 Å². The molecule has 0 aromatic heterocycles. The minimum atomic E-state index is 0.240. The summed E-state index contributed by atoms with van der Waals surface area (Å²) in [5.41, 5.74) is 1.46. The number of rotatable bonds is 11. The lowest BCUT2D eigenvalue weighted by Crippen LogP contribution is -2.09. The van der Waals surface area contributed by atoms with Crippen LogP contribution in [0.25, 0.3) is 0 Å². The Morgan fingerprint density at radius 3 is 1.78 bits per heavy atom. The third-order valence-electron chi connectivity index (χ3n) is 4.05. The zero-order valence-electron chi connectivity index (χ0n) is 16.1. The van der Waals surface area contributed by atoms with Crippen LogP contribution >= 0.6 is 12.6 Å². The van der Waals surface area contributed by atoms with Crippen LogP contribution in [-0.4, -0.2) is 4.75 Å². The van der Waals surface area contributed by atoms with Gasteiger partial charge in [-0.15, -0.1) is 0 Å². The van der Waals surface area contributed by atoms with Gasteiger partial charge < -0.3 is 0 Å². The van der Waals surface area contributed by atoms with Crippen molar-refractivity contribution in [1.82, 2.24) is 0 Å². The Morgan fingerprint density at radius 1 is 0.739 bits per heavy atom. The Kier molecular flexibility index (Phi) is 14.8. The molecule has 0 spiro atoms. The third kappa shape index (κ3) is 17.8. The van der Waals surface area contributed by atoms with Crippen LogP contribution in [0, 0.1) is 0 Å². The summed E-state index contributed by atoms with van der Waals surface area (Å²) in [6, 6.07) is 10.6. The molecule has 0 bridgehead atoms. The molecule has 0 saturated heterocycles. The molecule has 1 aromatic rings. The van der Waals surface area contributed by atoms with Gasteiger partial charge in [-0.3, -0.25) is 0 Å². The van der Waals surface area contributed by atoms with Crippen molar-refractivity contribution in [3.8, 4) is 0 Å². The van der Waals surface area contributed by atoms with Gasteiger partial charge in [-0.2, -0.15) is 12.6 Å². The van der Waals surface area contributed by atoms with E-state index in [9.17, 15) is 0 Å². The summed E-state index contributed by atoms with van der Waals surface area (Å²) in [6.45, 7) is 8.90. The Bertz CT molecular complexity index is 337. The van der Waals surface area contributed by atoms with Gasteiger partial charge in [0.2, 0.25) is 0 Å². The van der Waals surface area contributed by atoms with E-state index in [1.54, 1.807) is 0 Å². The van der Waals surface area contributed by atoms with Crippen molar-refractivity contribution in [3.05, 3.63) is 35.9 Å². The number of hydrogen-bond donors (Lipinski definition) is 1. The van der Waals surface area contributed by atoms with Crippen molar-refractivity contribution >= 4 is 12.6 Å². The van der Waals surface area contributed by atoms with Crippen molar-refractivity contribution in [2.45, 2.75) is 103 Å². The fourth-order valence-electron chi connectivity index (χ4n) is 2.54. The first-order valence-electron chi connectivity index (χ1n) is 9.76. The summed E-state index contributed by atoms with van der Waals surface area (Å²) in [5, 5.41) is 0. The average molecular weight is 337 g/mol. The van der Waals surface area contributed by atoms with Crippen LogP contribution < -0.4 is 0 Å². The fraction of sp³-hybridized carbons (Fsp3) is 0.727. The largest absolute Gasteiger partial charge is 0.173 e. The van der Waals surface area contributed by atoms with E-state index in [4.69, 9.17) is 0 Å². The topological polar surface area (TPSA) is 0 Å². The second-order valence-electron chi connectivity index (χ2n) is 7.27. The van der Waals surface area contributed by atoms with E-state index in [0.717, 1.165) is 0 Å². The second-order valence-corrected chi connectivity index (χ2v) is 8.48. The van der Waals surface area contributed by atoms with Crippen LogP contribution in [0.3, 0.4) is 0 Å². The highest BCUT2D eigenvalue weighted by Gasteiger charge is 2.09. The lowest BCUT2D eigenvalue weighted by atomic mass is 10.0. The zero-order valence-corrected chi connectivity index (χ0v) is 17.0. The van der Waals surface area contributed by atoms with Crippen molar-refractivity contribution in [1.29, 1.82) is 0 Å². The molecule has 0 radical (unpaired) electrons. The molecular formula is C22H40S. The van der Waals surface area contributed by atoms with Gasteiger partial charge in [-0.1, -0.05) is 109 Å². The maximum absolute atomic E-state index is 4.51. The van der Waals surface area contributed by atoms with Crippen molar-refractivity contribution in [2.24, 2.45) is 0 Å². The molecule has 0 saturated carbocycles. The molecule has 1 heteroatoms. The minimum absolute atomic E-state index is 0.240. The standard InChI is InChI=1S/C12H26S.C10H14/c1-4-5-6-7-8-9-10-11-12(2,3)13;1-2-3-7-10-8-5-4-6-9-10/h13H,4-11H2,1-3H3;4-6,8-9H,2-3,7H2,1H3. The Labute approximate surface area is 151 Å². The molecule has 0 aliphatic rings. The number of unbranched alkanes of at least 4 members (excludes halogenated alkanes) is 7. The predicted octanol–water partition coefficient (Wildman–Crippen LogP) is 7.86. The first-order chi connectivity index (χ1) is 11.0. The van der Waals surface area contributed by atoms with E-state index in [2.05, 4.69) is 70.7 Å². The lowest BCUT2D eigenvalue weighted by Gasteiger charge is -2.16. The van der Waals surface area contributed by atoms with E-state index < -0.39 is 0 Å². The molecule has 134 valence electrons. The van der Waals surface area contributed by atoms with Gasteiger partial charge in [0.05, 0.1) is 0 Å². The summed E-state index contributed by atoms with van der Waals surface area (Å²) in [4.78, 5) is 0. The Balaban J connectivity index is 0.000000433. The van der Waals surface area contributed by atoms with Gasteiger partial charge in [0.1, 0.15) is 0 Å². The van der Waals surface area contributed by atoms with Crippen molar-refractivity contribution in [2.75, 3.05) is 0 Å². The average Bonchev–Trinajstić information content (AvgIpc) is 2.53. The summed E-state index contributed by atoms with van der Waals surface area (Å²) in [5.74, 6) is 0. The monoisotopic (exact) mass is 336 g/mol. The molecular weight excluding hydrogens is 296 g/mol. The maximum atomic E-state index is 4.51. The molecule has 1 rings (SSSR count). The second kappa shape index (κ2) is 15.1. The smallest absolute Gasteiger partial charge is 0.00731 e. The highest BCUT2D eigenvalue weighted by molar-refractivity contribution is 7.81. The zero-order chi connectivity index (χ0) is 17.4. The summed E-state index contributed by atoms with van der Waals surface area (Å²) in [6.07, 6.45) is 14.9. The van der Waals surface area contributed by atoms with Gasteiger partial charge in [-0.05, 0) is 24.8 Å². The highest BCUT2D eigenvalue weighted by Crippen LogP contribution is 2.21. The Hall–Kier alpha value is -0.430. The molecule has 0 unspecified atom stereocenters. The van der Waals surface area contributed by atoms with E-state index >= 15 is 0 Å². The first kappa shape index (κ1) is 22.6. The van der Waals surface area contributed by atoms with Crippen molar-refractivity contribution < 1.29 is 0 Å². The van der Waals surface area contributed by atoms with Crippen LogP contribution in [0.4, 0.5) is 0 Å². The molecule has 0 amide bonds. The van der Waals surface area contributed by atoms with Gasteiger partial charge in [-0.25, -0.2) is 0 Å². The SMILES string of the molecule is CCCCCCCCCC(C)(C)S.CCCCc1ccccc1. The van der Waals surface area contributed by atoms with Gasteiger partial charge in [0, 0.05) is 4.75 Å². The van der Waals surface area contributed by atoms with Gasteiger partial charge in [0.25, 0.3) is 0 Å². The van der Waals surface area contributed by atoms with E-state index in [-0.39, 0.29) is 4.75 Å². The quantitative estimate of drug-likeness (QED) is 0.308. The van der Waals surface area contributed by atoms with Crippen LogP contribution in [0.1, 0.15) is 97.5 Å². The normalized spacial score (nSPS) is 11.0. The lowest BCUT2D eigenvalue weighted by molar-refractivity contribution is 0.538. The van der Waals surface area contributed by atoms with Crippen LogP contribution in [0.5, 0.6) is 0 Å². The number of thiol groups is 1. The molecule has 0 nitrogen and oxygen atoms in total. The molecule has 0 aliphatic heterocycles. The molecule has 0 N–H and O–H groups in total. The summed E-state index contributed by atoms with van der Waals surface area (Å²) in [7, 11) is 0. The molecule has 23 heavy (non-hydrogen) atoms. The molecule has 0 heterocycles. The number of hydrogen-bond acceptors (Lipinski definition) is 1. The van der Waals surface area contributed by atoms with E-state index in [1.165, 1.54) is 76.2 Å². The fourth-order valence-corrected chi connectivity index (χ4v) is 2.70. The predicted molar refractivity (Wildman–Crippen MR) is 111 cm³/mol. The third-order valence-corrected chi connectivity index (χ3v) is 4.28. The van der Waals surface area contributed by atoms with Crippen LogP contribution in [0.15, 0.2) is 30.3 Å². The minimum Gasteiger partial charge on any atom is -0.173 e. The molecule has 0 fully saturated rings. The van der Waals surface area contributed by atoms with E-state index in [1.807, 2.05) is 0 Å². The maximum Gasteiger partial charge on any atom is 0.00731 e. The Morgan fingerprint density at radius 2 is 1.26 bits per heavy atom. The van der Waals surface area contributed by atoms with Crippen molar-refractivity contribution in [3.63, 3.8) is 0 Å². The summed E-state index contributed by atoms with van der Waals surface area (Å²) >= 11 is 4.51. The molecule has 1 aromatic carbocycles. The number of benzene rings is 1. The van der Waals surface area contributed by atoms with Gasteiger partial charge >= 0.3 is 0 Å². The van der Waals surface area contributed by atoms with E-state index in [0.29, 0.717) is 0 Å². The van der Waals surface area contributed by atoms with Gasteiger partial charge in [0.15, 0.2) is 0 Å². The summed E-state index contributed by atoms with van der Waals surface area (Å²) < 4.78 is 0.240. The first-order valence-corrected chi connectivity index (χ1v) is 10.2. The number of aryl methyl sites for hydroxylation is 1. The molecule has 0 atom stereocenters. The highest BCUT2D eigenvalue weighted by atomic mass is 32.1.